The molecular formula is C25H27N3O. The molecule has 7 rings (SSSR count). The van der Waals surface area contributed by atoms with Crippen molar-refractivity contribution in [1.82, 2.24) is 9.38 Å². The van der Waals surface area contributed by atoms with Gasteiger partial charge < -0.3 is 9.72 Å². The maximum Gasteiger partial charge on any atom is 0.230 e. The van der Waals surface area contributed by atoms with E-state index >= 15 is 0 Å². The van der Waals surface area contributed by atoms with Crippen molar-refractivity contribution in [3.8, 4) is 11.3 Å². The van der Waals surface area contributed by atoms with Crippen molar-refractivity contribution < 1.29 is 4.79 Å². The van der Waals surface area contributed by atoms with Gasteiger partial charge in [-0.05, 0) is 87.0 Å². The van der Waals surface area contributed by atoms with Crippen LogP contribution < -0.4 is 5.32 Å². The Morgan fingerprint density at radius 2 is 1.79 bits per heavy atom. The van der Waals surface area contributed by atoms with E-state index in [1.807, 2.05) is 24.4 Å². The minimum atomic E-state index is -0.120. The van der Waals surface area contributed by atoms with Crippen LogP contribution in [0.5, 0.6) is 0 Å². The molecule has 4 heteroatoms. The van der Waals surface area contributed by atoms with Crippen molar-refractivity contribution in [3.05, 3.63) is 54.4 Å². The summed E-state index contributed by atoms with van der Waals surface area (Å²) in [5, 5.41) is 3.28. The van der Waals surface area contributed by atoms with Crippen LogP contribution in [-0.2, 0) is 4.79 Å². The van der Waals surface area contributed by atoms with Gasteiger partial charge in [0.2, 0.25) is 5.91 Å². The summed E-state index contributed by atoms with van der Waals surface area (Å²) >= 11 is 0. The van der Waals surface area contributed by atoms with E-state index in [0.29, 0.717) is 0 Å². The zero-order valence-electron chi connectivity index (χ0n) is 16.9. The minimum Gasteiger partial charge on any atom is -0.326 e. The Kier molecular flexibility index (Phi) is 3.68. The predicted octanol–water partition coefficient (Wildman–Crippen LogP) is 5.46. The first-order valence-corrected chi connectivity index (χ1v) is 10.9. The Bertz CT molecular complexity index is 1080. The highest BCUT2D eigenvalue weighted by molar-refractivity contribution is 5.96. The number of pyridine rings is 1. The number of anilines is 1. The Morgan fingerprint density at radius 3 is 2.48 bits per heavy atom. The quantitative estimate of drug-likeness (QED) is 0.650. The van der Waals surface area contributed by atoms with Crippen LogP contribution in [0.2, 0.25) is 0 Å². The Balaban J connectivity index is 1.28. The Hall–Kier alpha value is -2.62. The molecule has 0 atom stereocenters. The molecule has 0 aliphatic heterocycles. The molecule has 29 heavy (non-hydrogen) atoms. The third-order valence-electron chi connectivity index (χ3n) is 7.61. The van der Waals surface area contributed by atoms with Gasteiger partial charge in [0, 0.05) is 23.6 Å². The molecule has 4 fully saturated rings. The lowest BCUT2D eigenvalue weighted by Gasteiger charge is -2.55. The SMILES string of the molecule is Cc1cccn2cc(-c3cccc(NC(=O)C45CC6CC(CC(C6)C4)C5)c3)nc12. The van der Waals surface area contributed by atoms with Gasteiger partial charge in [0.05, 0.1) is 11.1 Å². The van der Waals surface area contributed by atoms with Crippen LogP contribution in [0.25, 0.3) is 16.9 Å². The van der Waals surface area contributed by atoms with Crippen molar-refractivity contribution in [3.63, 3.8) is 0 Å². The van der Waals surface area contributed by atoms with Crippen LogP contribution in [-0.4, -0.2) is 15.3 Å². The summed E-state index contributed by atoms with van der Waals surface area (Å²) in [7, 11) is 0. The summed E-state index contributed by atoms with van der Waals surface area (Å²) in [6.45, 7) is 2.08. The van der Waals surface area contributed by atoms with Gasteiger partial charge in [-0.15, -0.1) is 0 Å². The molecule has 148 valence electrons. The smallest absolute Gasteiger partial charge is 0.230 e. The van der Waals surface area contributed by atoms with E-state index in [9.17, 15) is 4.79 Å². The van der Waals surface area contributed by atoms with Gasteiger partial charge in [-0.1, -0.05) is 18.2 Å². The van der Waals surface area contributed by atoms with Crippen molar-refractivity contribution in [2.45, 2.75) is 45.4 Å². The molecular weight excluding hydrogens is 358 g/mol. The molecule has 1 amide bonds. The highest BCUT2D eigenvalue weighted by atomic mass is 16.2. The third-order valence-corrected chi connectivity index (χ3v) is 7.61. The monoisotopic (exact) mass is 385 g/mol. The lowest BCUT2D eigenvalue weighted by molar-refractivity contribution is -0.140. The Morgan fingerprint density at radius 1 is 1.07 bits per heavy atom. The number of aryl methyl sites for hydroxylation is 1. The van der Waals surface area contributed by atoms with Gasteiger partial charge in [0.1, 0.15) is 5.65 Å². The van der Waals surface area contributed by atoms with Gasteiger partial charge in [-0.25, -0.2) is 4.98 Å². The first-order chi connectivity index (χ1) is 14.1. The summed E-state index contributed by atoms with van der Waals surface area (Å²) in [4.78, 5) is 18.2. The lowest BCUT2D eigenvalue weighted by atomic mass is 9.49. The molecule has 0 spiro atoms. The van der Waals surface area contributed by atoms with Gasteiger partial charge in [-0.3, -0.25) is 4.79 Å². The zero-order valence-corrected chi connectivity index (χ0v) is 16.9. The zero-order chi connectivity index (χ0) is 19.6. The first kappa shape index (κ1) is 17.3. The van der Waals surface area contributed by atoms with E-state index < -0.39 is 0 Å². The normalized spacial score (nSPS) is 30.0. The fourth-order valence-electron chi connectivity index (χ4n) is 6.70. The van der Waals surface area contributed by atoms with E-state index in [4.69, 9.17) is 4.98 Å². The molecule has 3 aromatic rings. The largest absolute Gasteiger partial charge is 0.326 e. The van der Waals surface area contributed by atoms with Crippen molar-refractivity contribution >= 4 is 17.2 Å². The number of hydrogen-bond donors (Lipinski definition) is 1. The van der Waals surface area contributed by atoms with Crippen LogP contribution in [0.3, 0.4) is 0 Å². The molecule has 2 aromatic heterocycles. The highest BCUT2D eigenvalue weighted by Gasteiger charge is 2.54. The summed E-state index contributed by atoms with van der Waals surface area (Å²) in [5.41, 5.74) is 4.87. The fraction of sp³-hybridized carbons (Fsp3) is 0.440. The summed E-state index contributed by atoms with van der Waals surface area (Å²) in [5.74, 6) is 2.58. The first-order valence-electron chi connectivity index (χ1n) is 10.9. The van der Waals surface area contributed by atoms with Gasteiger partial charge in [0.15, 0.2) is 0 Å². The van der Waals surface area contributed by atoms with Crippen LogP contribution in [0, 0.1) is 30.1 Å². The topological polar surface area (TPSA) is 46.4 Å². The van der Waals surface area contributed by atoms with Crippen LogP contribution in [0.1, 0.15) is 44.1 Å². The molecule has 0 saturated heterocycles. The van der Waals surface area contributed by atoms with Crippen molar-refractivity contribution in [2.75, 3.05) is 5.32 Å². The van der Waals surface area contributed by atoms with Gasteiger partial charge in [-0.2, -0.15) is 0 Å². The van der Waals surface area contributed by atoms with Gasteiger partial charge >= 0.3 is 0 Å². The number of nitrogens with one attached hydrogen (secondary N) is 1. The molecule has 4 saturated carbocycles. The number of nitrogens with zero attached hydrogens (tertiary/aromatic N) is 2. The van der Waals surface area contributed by atoms with Crippen LogP contribution >= 0.6 is 0 Å². The Labute approximate surface area is 171 Å². The standard InChI is InChI=1S/C25H27N3O/c1-16-4-3-7-28-15-22(27-23(16)28)20-5-2-6-21(11-20)26-24(29)25-12-17-8-18(13-25)10-19(9-17)14-25/h2-7,11,15,17-19H,8-10,12-14H2,1H3,(H,26,29). The summed E-state index contributed by atoms with van der Waals surface area (Å²) in [6, 6.07) is 12.3. The molecule has 4 aliphatic rings. The third kappa shape index (κ3) is 2.80. The molecule has 0 unspecified atom stereocenters. The number of fused-ring (bicyclic) bond motifs is 1. The van der Waals surface area contributed by atoms with E-state index in [0.717, 1.165) is 65.2 Å². The predicted molar refractivity (Wildman–Crippen MR) is 115 cm³/mol. The van der Waals surface area contributed by atoms with E-state index in [1.54, 1.807) is 0 Å². The maximum absolute atomic E-state index is 13.4. The molecule has 0 radical (unpaired) electrons. The maximum atomic E-state index is 13.4. The molecule has 4 nitrogen and oxygen atoms in total. The molecule has 1 N–H and O–H groups in total. The highest BCUT2D eigenvalue weighted by Crippen LogP contribution is 2.60. The minimum absolute atomic E-state index is 0.120. The molecule has 1 aromatic carbocycles. The number of amides is 1. The van der Waals surface area contributed by atoms with Crippen molar-refractivity contribution in [2.24, 2.45) is 23.2 Å². The second-order valence-corrected chi connectivity index (χ2v) is 9.78. The number of hydrogen-bond acceptors (Lipinski definition) is 2. The molecule has 4 aliphatic carbocycles. The number of aromatic nitrogens is 2. The van der Waals surface area contributed by atoms with E-state index in [1.165, 1.54) is 19.3 Å². The number of benzene rings is 1. The van der Waals surface area contributed by atoms with Gasteiger partial charge in [0.25, 0.3) is 0 Å². The number of carbonyl (C=O) groups excluding carboxylic acids is 1. The molecule has 4 bridgehead atoms. The van der Waals surface area contributed by atoms with Crippen molar-refractivity contribution in [1.29, 1.82) is 0 Å². The fourth-order valence-corrected chi connectivity index (χ4v) is 6.70. The average molecular weight is 386 g/mol. The van der Waals surface area contributed by atoms with E-state index in [2.05, 4.69) is 41.0 Å². The number of rotatable bonds is 3. The summed E-state index contributed by atoms with van der Waals surface area (Å²) in [6.07, 6.45) is 11.4. The number of carbonyl (C=O) groups is 1. The summed E-state index contributed by atoms with van der Waals surface area (Å²) < 4.78 is 2.06. The van der Waals surface area contributed by atoms with Crippen LogP contribution in [0.15, 0.2) is 48.8 Å². The van der Waals surface area contributed by atoms with Crippen LogP contribution in [0.4, 0.5) is 5.69 Å². The molecule has 2 heterocycles. The lowest BCUT2D eigenvalue weighted by Crippen LogP contribution is -2.51. The second-order valence-electron chi connectivity index (χ2n) is 9.78. The number of imidazole rings is 1. The van der Waals surface area contributed by atoms with E-state index in [-0.39, 0.29) is 11.3 Å². The second kappa shape index (κ2) is 6.19. The average Bonchev–Trinajstić information content (AvgIpc) is 3.13.